The van der Waals surface area contributed by atoms with Gasteiger partial charge in [0.15, 0.2) is 0 Å². The topological polar surface area (TPSA) is 61.0 Å². The molecule has 26 heavy (non-hydrogen) atoms. The van der Waals surface area contributed by atoms with Gasteiger partial charge in [0.25, 0.3) is 11.2 Å². The lowest BCUT2D eigenvalue weighted by atomic mass is 10.1. The Labute approximate surface area is 160 Å². The zero-order valence-electron chi connectivity index (χ0n) is 14.1. The quantitative estimate of drug-likeness (QED) is 0.479. The number of aryl methyl sites for hydroxylation is 1. The first-order valence-electron chi connectivity index (χ1n) is 8.00. The molecule has 4 nitrogen and oxygen atoms in total. The average Bonchev–Trinajstić information content (AvgIpc) is 3.20. The molecule has 0 radical (unpaired) electrons. The van der Waals surface area contributed by atoms with Gasteiger partial charge >= 0.3 is 0 Å². The van der Waals surface area contributed by atoms with Crippen molar-refractivity contribution in [3.05, 3.63) is 80.2 Å². The van der Waals surface area contributed by atoms with Crippen molar-refractivity contribution in [3.8, 4) is 16.5 Å². The van der Waals surface area contributed by atoms with Gasteiger partial charge in [0.05, 0.1) is 17.2 Å². The monoisotopic (exact) mass is 377 g/mol. The first-order chi connectivity index (χ1) is 12.7. The molecule has 128 valence electrons. The highest BCUT2D eigenvalue weighted by molar-refractivity contribution is 7.98. The van der Waals surface area contributed by atoms with E-state index in [1.54, 1.807) is 0 Å². The first kappa shape index (κ1) is 18.0. The van der Waals surface area contributed by atoms with Crippen molar-refractivity contribution in [2.45, 2.75) is 24.1 Å². The smallest absolute Gasteiger partial charge is 0.260 e. The fourth-order valence-corrected chi connectivity index (χ4v) is 4.37. The summed E-state index contributed by atoms with van der Waals surface area (Å²) in [6.07, 6.45) is 0.959. The number of H-pyrrole nitrogens is 1. The molecule has 0 saturated heterocycles. The number of aromatic nitrogens is 1. The van der Waals surface area contributed by atoms with Gasteiger partial charge in [0.1, 0.15) is 6.07 Å². The maximum Gasteiger partial charge on any atom is 0.260 e. The molecule has 0 aliphatic heterocycles. The van der Waals surface area contributed by atoms with Gasteiger partial charge in [0, 0.05) is 16.2 Å². The Kier molecular flexibility index (Phi) is 5.58. The number of thioether (sulfide) groups is 1. The number of nitrogens with one attached hydrogen (secondary N) is 1. The molecule has 0 amide bonds. The van der Waals surface area contributed by atoms with Crippen LogP contribution in [0.15, 0.2) is 51.6 Å². The highest BCUT2D eigenvalue weighted by Gasteiger charge is 2.20. The molecule has 0 aliphatic carbocycles. The molecular weight excluding hydrogens is 362 g/mol. The van der Waals surface area contributed by atoms with Gasteiger partial charge in [-0.15, -0.1) is 23.1 Å². The van der Waals surface area contributed by atoms with Crippen LogP contribution in [-0.4, -0.2) is 4.98 Å². The molecule has 1 N–H and O–H groups in total. The second-order valence-corrected chi connectivity index (χ2v) is 7.48. The number of thiophene rings is 1. The van der Waals surface area contributed by atoms with Crippen LogP contribution in [-0.2, 0) is 12.2 Å². The Morgan fingerprint density at radius 3 is 2.77 bits per heavy atom. The number of nitriles is 1. The maximum atomic E-state index is 12.4. The summed E-state index contributed by atoms with van der Waals surface area (Å²) in [5.41, 5.74) is 2.69. The molecule has 0 unspecified atom stereocenters. The van der Waals surface area contributed by atoms with Crippen molar-refractivity contribution < 1.29 is 0 Å². The average molecular weight is 377 g/mol. The number of benzene rings is 1. The van der Waals surface area contributed by atoms with E-state index in [0.29, 0.717) is 21.9 Å². The van der Waals surface area contributed by atoms with Crippen molar-refractivity contribution >= 4 is 28.8 Å². The van der Waals surface area contributed by atoms with Crippen molar-refractivity contribution in [2.24, 2.45) is 0 Å². The van der Waals surface area contributed by atoms with Crippen LogP contribution in [0.5, 0.6) is 0 Å². The molecule has 1 aromatic carbocycles. The van der Waals surface area contributed by atoms with E-state index in [4.69, 9.17) is 6.57 Å². The fourth-order valence-electron chi connectivity index (χ4n) is 2.65. The summed E-state index contributed by atoms with van der Waals surface area (Å²) in [4.78, 5) is 19.2. The minimum absolute atomic E-state index is 0.0265. The van der Waals surface area contributed by atoms with E-state index >= 15 is 0 Å². The Morgan fingerprint density at radius 2 is 2.12 bits per heavy atom. The summed E-state index contributed by atoms with van der Waals surface area (Å²) in [7, 11) is 0. The summed E-state index contributed by atoms with van der Waals surface area (Å²) in [5, 5.41) is 12.1. The minimum atomic E-state index is -0.452. The van der Waals surface area contributed by atoms with E-state index in [-0.39, 0.29) is 5.69 Å². The number of aromatic amines is 1. The van der Waals surface area contributed by atoms with Crippen molar-refractivity contribution in [2.75, 3.05) is 0 Å². The third-order valence-corrected chi connectivity index (χ3v) is 5.89. The van der Waals surface area contributed by atoms with Crippen LogP contribution in [0, 0.1) is 17.9 Å². The van der Waals surface area contributed by atoms with Crippen molar-refractivity contribution in [1.29, 1.82) is 5.26 Å². The van der Waals surface area contributed by atoms with E-state index in [1.807, 2.05) is 29.6 Å². The van der Waals surface area contributed by atoms with Crippen molar-refractivity contribution in [3.63, 3.8) is 0 Å². The third kappa shape index (κ3) is 3.57. The van der Waals surface area contributed by atoms with Gasteiger partial charge in [0.2, 0.25) is 0 Å². The molecule has 2 heterocycles. The molecule has 0 bridgehead atoms. The zero-order chi connectivity index (χ0) is 18.5. The van der Waals surface area contributed by atoms with Crippen LogP contribution in [0.4, 0.5) is 5.69 Å². The summed E-state index contributed by atoms with van der Waals surface area (Å²) >= 11 is 2.83. The molecule has 0 atom stereocenters. The fraction of sp³-hybridized carbons (Fsp3) is 0.150. The van der Waals surface area contributed by atoms with Gasteiger partial charge in [-0.1, -0.05) is 37.3 Å². The Hall–Kier alpha value is -2.80. The Balaban J connectivity index is 2.04. The van der Waals surface area contributed by atoms with Gasteiger partial charge < -0.3 is 4.98 Å². The number of nitrogens with zero attached hydrogens (tertiary/aromatic N) is 2. The predicted molar refractivity (Wildman–Crippen MR) is 107 cm³/mol. The van der Waals surface area contributed by atoms with Crippen molar-refractivity contribution in [1.82, 2.24) is 4.98 Å². The van der Waals surface area contributed by atoms with Gasteiger partial charge in [-0.05, 0) is 29.0 Å². The molecule has 0 saturated carbocycles. The van der Waals surface area contributed by atoms with Crippen LogP contribution < -0.4 is 5.56 Å². The Morgan fingerprint density at radius 1 is 1.31 bits per heavy atom. The first-order valence-corrected chi connectivity index (χ1v) is 9.86. The lowest BCUT2D eigenvalue weighted by Gasteiger charge is -2.10. The summed E-state index contributed by atoms with van der Waals surface area (Å²) in [6, 6.07) is 14.1. The van der Waals surface area contributed by atoms with E-state index < -0.39 is 5.56 Å². The van der Waals surface area contributed by atoms with Gasteiger partial charge in [-0.2, -0.15) is 5.26 Å². The van der Waals surface area contributed by atoms with E-state index in [2.05, 4.69) is 35.0 Å². The van der Waals surface area contributed by atoms with E-state index in [0.717, 1.165) is 16.9 Å². The van der Waals surface area contributed by atoms with Crippen LogP contribution in [0.2, 0.25) is 0 Å². The molecule has 0 spiro atoms. The highest BCUT2D eigenvalue weighted by Crippen LogP contribution is 2.38. The van der Waals surface area contributed by atoms with Crippen LogP contribution in [0.25, 0.3) is 15.3 Å². The standard InChI is InChI=1S/C20H15N3OS2/c1-3-13-6-4-7-14(10-13)12-26-20-15(11-21)17(16-8-5-9-25-16)18(22-2)19(24)23-20/h4-10H,3,12H2,1H3,(H,23,24). The van der Waals surface area contributed by atoms with Gasteiger partial charge in [-0.25, -0.2) is 4.85 Å². The van der Waals surface area contributed by atoms with Gasteiger partial charge in [-0.3, -0.25) is 4.79 Å². The third-order valence-electron chi connectivity index (χ3n) is 3.93. The second-order valence-electron chi connectivity index (χ2n) is 5.54. The van der Waals surface area contributed by atoms with Crippen LogP contribution >= 0.6 is 23.1 Å². The van der Waals surface area contributed by atoms with E-state index in [9.17, 15) is 10.1 Å². The number of rotatable bonds is 5. The van der Waals surface area contributed by atoms with E-state index in [1.165, 1.54) is 28.7 Å². The number of hydrogen-bond acceptors (Lipinski definition) is 4. The van der Waals surface area contributed by atoms with Crippen LogP contribution in [0.1, 0.15) is 23.6 Å². The summed E-state index contributed by atoms with van der Waals surface area (Å²) in [5.74, 6) is 0.639. The van der Waals surface area contributed by atoms with Crippen LogP contribution in [0.3, 0.4) is 0 Å². The normalized spacial score (nSPS) is 10.3. The summed E-state index contributed by atoms with van der Waals surface area (Å²) in [6.45, 7) is 9.45. The molecular formula is C20H15N3OS2. The Bertz CT molecular complexity index is 1070. The maximum absolute atomic E-state index is 12.4. The number of hydrogen-bond donors (Lipinski definition) is 1. The molecule has 0 fully saturated rings. The molecule has 3 rings (SSSR count). The minimum Gasteiger partial charge on any atom is -0.325 e. The zero-order valence-corrected chi connectivity index (χ0v) is 15.7. The largest absolute Gasteiger partial charge is 0.325 e. The number of pyridine rings is 1. The molecule has 3 aromatic rings. The molecule has 0 aliphatic rings. The highest BCUT2D eigenvalue weighted by atomic mass is 32.2. The SMILES string of the molecule is [C-]#[N+]c1c(-c2cccs2)c(C#N)c(SCc2cccc(CC)c2)[nH]c1=O. The lowest BCUT2D eigenvalue weighted by molar-refractivity contribution is 1.07. The summed E-state index contributed by atoms with van der Waals surface area (Å²) < 4.78 is 0. The predicted octanol–water partition coefficient (Wildman–Crippen LogP) is 5.38. The molecule has 6 heteroatoms. The lowest BCUT2D eigenvalue weighted by Crippen LogP contribution is -2.09. The second kappa shape index (κ2) is 8.05. The molecule has 2 aromatic heterocycles.